The van der Waals surface area contributed by atoms with E-state index in [2.05, 4.69) is 0 Å². The van der Waals surface area contributed by atoms with Crippen LogP contribution in [0, 0.1) is 0 Å². The summed E-state index contributed by atoms with van der Waals surface area (Å²) >= 11 is 0. The van der Waals surface area contributed by atoms with Crippen LogP contribution in [-0.2, 0) is 11.2 Å². The monoisotopic (exact) mass is 530 g/mol. The van der Waals surface area contributed by atoms with Gasteiger partial charge in [0, 0.05) is 17.2 Å². The van der Waals surface area contributed by atoms with E-state index in [1.165, 1.54) is 7.11 Å². The van der Waals surface area contributed by atoms with Crippen molar-refractivity contribution in [3.63, 3.8) is 0 Å². The van der Waals surface area contributed by atoms with Crippen LogP contribution in [0.25, 0.3) is 22.3 Å². The topological polar surface area (TPSA) is 179 Å². The smallest absolute Gasteiger partial charge is 0.238 e. The van der Waals surface area contributed by atoms with Gasteiger partial charge in [-0.3, -0.25) is 4.79 Å². The molecule has 1 fully saturated rings. The van der Waals surface area contributed by atoms with Crippen LogP contribution in [-0.4, -0.2) is 75.1 Å². The van der Waals surface area contributed by atoms with Crippen molar-refractivity contribution >= 4 is 11.0 Å². The fourth-order valence-electron chi connectivity index (χ4n) is 4.20. The van der Waals surface area contributed by atoms with Gasteiger partial charge in [0.15, 0.2) is 5.76 Å². The van der Waals surface area contributed by atoms with Crippen LogP contribution in [0.4, 0.5) is 0 Å². The molecule has 2 heterocycles. The summed E-state index contributed by atoms with van der Waals surface area (Å²) in [6.07, 6.45) is -5.77. The molecule has 0 spiro atoms. The van der Waals surface area contributed by atoms with Crippen molar-refractivity contribution in [1.29, 1.82) is 0 Å². The molecule has 3 aromatic rings. The Balaban J connectivity index is 1.90. The van der Waals surface area contributed by atoms with Crippen molar-refractivity contribution in [2.24, 2.45) is 0 Å². The van der Waals surface area contributed by atoms with Gasteiger partial charge >= 0.3 is 0 Å². The van der Waals surface area contributed by atoms with Crippen molar-refractivity contribution < 1.29 is 49.3 Å². The minimum Gasteiger partial charge on any atom is -0.507 e. The summed E-state index contributed by atoms with van der Waals surface area (Å²) in [5.74, 6) is -0.910. The first-order chi connectivity index (χ1) is 18.1. The average Bonchev–Trinajstić information content (AvgIpc) is 2.90. The van der Waals surface area contributed by atoms with Gasteiger partial charge < -0.3 is 49.3 Å². The number of fused-ring (bicyclic) bond motifs is 1. The number of phenolic OH excluding ortho intramolecular Hbond substituents is 1. The summed E-state index contributed by atoms with van der Waals surface area (Å²) in [5, 5.41) is 61.3. The van der Waals surface area contributed by atoms with Gasteiger partial charge in [0.1, 0.15) is 52.6 Å². The molecule has 38 heavy (non-hydrogen) atoms. The lowest BCUT2D eigenvalue weighted by molar-refractivity contribution is -0.277. The summed E-state index contributed by atoms with van der Waals surface area (Å²) < 4.78 is 22.5. The minimum atomic E-state index is -1.70. The number of aliphatic hydroxyl groups excluding tert-OH is 4. The van der Waals surface area contributed by atoms with E-state index in [9.17, 15) is 35.4 Å². The summed E-state index contributed by atoms with van der Waals surface area (Å²) in [6, 6.07) is 7.54. The molecule has 0 aliphatic carbocycles. The molecule has 6 N–H and O–H groups in total. The van der Waals surface area contributed by atoms with E-state index >= 15 is 0 Å². The second-order valence-electron chi connectivity index (χ2n) is 9.21. The molecule has 0 amide bonds. The number of aromatic hydroxyl groups is 2. The number of rotatable bonds is 7. The number of hydrogen-bond donors (Lipinski definition) is 6. The average molecular weight is 531 g/mol. The Kier molecular flexibility index (Phi) is 7.95. The molecule has 1 unspecified atom stereocenters. The number of phenols is 1. The molecule has 1 aromatic heterocycles. The summed E-state index contributed by atoms with van der Waals surface area (Å²) in [7, 11) is 1.50. The van der Waals surface area contributed by atoms with Gasteiger partial charge in [-0.2, -0.15) is 0 Å². The standard InChI is InChI=1S/C27H30O11/c1-12(2)4-9-15-17(36-27-24(34)22(32)20(30)18(11-28)37-27)10-16(29)19-21(31)23(33)25(38-26(15)19)13-5-7-14(35-3)8-6-13/h4-8,10,18,20,22,24,27-30,32-34H,9,11H2,1-3H3/t18?,20-,22+,24-,27-/m1/s1. The van der Waals surface area contributed by atoms with E-state index in [0.717, 1.165) is 11.6 Å². The van der Waals surface area contributed by atoms with Crippen LogP contribution in [0.3, 0.4) is 0 Å². The second-order valence-corrected chi connectivity index (χ2v) is 9.21. The Labute approximate surface area is 217 Å². The zero-order chi connectivity index (χ0) is 27.7. The lowest BCUT2D eigenvalue weighted by atomic mass is 9.99. The van der Waals surface area contributed by atoms with Gasteiger partial charge in [-0.1, -0.05) is 11.6 Å². The Morgan fingerprint density at radius 1 is 1.05 bits per heavy atom. The highest BCUT2D eigenvalue weighted by atomic mass is 16.7. The lowest BCUT2D eigenvalue weighted by Gasteiger charge is -2.39. The Morgan fingerprint density at radius 3 is 2.34 bits per heavy atom. The highest BCUT2D eigenvalue weighted by Gasteiger charge is 2.45. The normalized spacial score (nSPS) is 23.3. The van der Waals surface area contributed by atoms with Gasteiger partial charge in [-0.25, -0.2) is 0 Å². The molecule has 1 aliphatic heterocycles. The van der Waals surface area contributed by atoms with Crippen molar-refractivity contribution in [3.8, 4) is 34.3 Å². The van der Waals surface area contributed by atoms with Gasteiger partial charge in [0.2, 0.25) is 17.5 Å². The van der Waals surface area contributed by atoms with Crippen LogP contribution in [0.15, 0.2) is 51.2 Å². The first-order valence-corrected chi connectivity index (χ1v) is 11.9. The maximum atomic E-state index is 13.2. The molecule has 1 aliphatic rings. The Bertz CT molecular complexity index is 1390. The fraction of sp³-hybridized carbons (Fsp3) is 0.370. The fourth-order valence-corrected chi connectivity index (χ4v) is 4.20. The zero-order valence-corrected chi connectivity index (χ0v) is 21.0. The second kappa shape index (κ2) is 11.0. The maximum absolute atomic E-state index is 13.2. The molecule has 11 heteroatoms. The van der Waals surface area contributed by atoms with Crippen LogP contribution in [0.2, 0.25) is 0 Å². The van der Waals surface area contributed by atoms with Crippen molar-refractivity contribution in [1.82, 2.24) is 0 Å². The SMILES string of the molecule is COc1ccc(-c2oc3c(CC=C(C)C)c(O[C@@H]4OC(CO)[C@@H](O)[C@H](O)[C@H]4O)cc(O)c3c(=O)c2O)cc1. The van der Waals surface area contributed by atoms with Gasteiger partial charge in [-0.15, -0.1) is 0 Å². The summed E-state index contributed by atoms with van der Waals surface area (Å²) in [5.41, 5.74) is 0.627. The molecule has 11 nitrogen and oxygen atoms in total. The maximum Gasteiger partial charge on any atom is 0.238 e. The van der Waals surface area contributed by atoms with Crippen molar-refractivity contribution in [2.75, 3.05) is 13.7 Å². The van der Waals surface area contributed by atoms with E-state index in [1.807, 2.05) is 19.9 Å². The quantitative estimate of drug-likeness (QED) is 0.244. The van der Waals surface area contributed by atoms with E-state index in [0.29, 0.717) is 11.3 Å². The third-order valence-electron chi connectivity index (χ3n) is 6.34. The molecule has 1 saturated heterocycles. The van der Waals surface area contributed by atoms with Crippen molar-refractivity contribution in [2.45, 2.75) is 51.0 Å². The predicted octanol–water partition coefficient (Wildman–Crippen LogP) is 1.57. The zero-order valence-electron chi connectivity index (χ0n) is 21.0. The molecule has 5 atom stereocenters. The molecule has 0 saturated carbocycles. The third kappa shape index (κ3) is 5.06. The van der Waals surface area contributed by atoms with Gasteiger partial charge in [0.25, 0.3) is 0 Å². The van der Waals surface area contributed by atoms with Crippen LogP contribution >= 0.6 is 0 Å². The predicted molar refractivity (Wildman–Crippen MR) is 135 cm³/mol. The van der Waals surface area contributed by atoms with Gasteiger partial charge in [-0.05, 0) is 44.5 Å². The highest BCUT2D eigenvalue weighted by Crippen LogP contribution is 2.40. The lowest BCUT2D eigenvalue weighted by Crippen LogP contribution is -2.60. The van der Waals surface area contributed by atoms with Crippen LogP contribution in [0.1, 0.15) is 19.4 Å². The summed E-state index contributed by atoms with van der Waals surface area (Å²) in [4.78, 5) is 13.2. The van der Waals surface area contributed by atoms with E-state index < -0.39 is 54.2 Å². The van der Waals surface area contributed by atoms with Crippen molar-refractivity contribution in [3.05, 3.63) is 57.8 Å². The van der Waals surface area contributed by atoms with Gasteiger partial charge in [0.05, 0.1) is 13.7 Å². The molecule has 2 aromatic carbocycles. The largest absolute Gasteiger partial charge is 0.507 e. The summed E-state index contributed by atoms with van der Waals surface area (Å²) in [6.45, 7) is 3.05. The van der Waals surface area contributed by atoms with E-state index in [-0.39, 0.29) is 34.5 Å². The van der Waals surface area contributed by atoms with E-state index in [4.69, 9.17) is 18.6 Å². The molecule has 0 bridgehead atoms. The number of hydrogen-bond acceptors (Lipinski definition) is 11. The molecule has 0 radical (unpaired) electrons. The molecule has 204 valence electrons. The number of allylic oxidation sites excluding steroid dienone is 2. The van der Waals surface area contributed by atoms with E-state index in [1.54, 1.807) is 24.3 Å². The number of ether oxygens (including phenoxy) is 3. The number of benzene rings is 2. The van der Waals surface area contributed by atoms with Crippen LogP contribution in [0.5, 0.6) is 23.0 Å². The third-order valence-corrected chi connectivity index (χ3v) is 6.34. The number of methoxy groups -OCH3 is 1. The minimum absolute atomic E-state index is 0.0497. The van der Waals surface area contributed by atoms with Crippen LogP contribution < -0.4 is 14.9 Å². The Hall–Kier alpha value is -3.61. The molecular formula is C27H30O11. The number of aliphatic hydroxyl groups is 4. The molecule has 4 rings (SSSR count). The first kappa shape index (κ1) is 27.4. The highest BCUT2D eigenvalue weighted by molar-refractivity contribution is 5.91. The first-order valence-electron chi connectivity index (χ1n) is 11.9. The molecular weight excluding hydrogens is 500 g/mol. The Morgan fingerprint density at radius 2 is 1.74 bits per heavy atom.